The SMILES string of the molecule is C=CCS(=O)(=O)c1ccc2nc(-c3ccccc3)c(C)c(C(=O)OC)c2c1. The second kappa shape index (κ2) is 7.32. The highest BCUT2D eigenvalue weighted by molar-refractivity contribution is 7.91. The summed E-state index contributed by atoms with van der Waals surface area (Å²) in [5, 5.41) is 0.448. The summed E-state index contributed by atoms with van der Waals surface area (Å²) in [5.74, 6) is -0.712. The normalized spacial score (nSPS) is 11.3. The van der Waals surface area contributed by atoms with Gasteiger partial charge in [-0.15, -0.1) is 6.58 Å². The van der Waals surface area contributed by atoms with Gasteiger partial charge in [0.2, 0.25) is 0 Å². The molecule has 1 heterocycles. The van der Waals surface area contributed by atoms with Crippen molar-refractivity contribution in [2.45, 2.75) is 11.8 Å². The minimum absolute atomic E-state index is 0.119. The zero-order valence-electron chi connectivity index (χ0n) is 15.1. The predicted octanol–water partition coefficient (Wildman–Crippen LogP) is 3.96. The lowest BCUT2D eigenvalue weighted by atomic mass is 9.98. The van der Waals surface area contributed by atoms with Crippen molar-refractivity contribution in [1.82, 2.24) is 4.98 Å². The maximum absolute atomic E-state index is 12.5. The Balaban J connectivity index is 2.35. The van der Waals surface area contributed by atoms with Crippen molar-refractivity contribution in [1.29, 1.82) is 0 Å². The first kappa shape index (κ1) is 18.8. The maximum atomic E-state index is 12.5. The minimum Gasteiger partial charge on any atom is -0.465 e. The number of fused-ring (bicyclic) bond motifs is 1. The van der Waals surface area contributed by atoms with Crippen molar-refractivity contribution >= 4 is 26.7 Å². The van der Waals surface area contributed by atoms with E-state index in [0.29, 0.717) is 27.7 Å². The van der Waals surface area contributed by atoms with Gasteiger partial charge in [0, 0.05) is 10.9 Å². The zero-order valence-corrected chi connectivity index (χ0v) is 15.9. The van der Waals surface area contributed by atoms with Gasteiger partial charge in [-0.3, -0.25) is 0 Å². The van der Waals surface area contributed by atoms with Gasteiger partial charge in [0.25, 0.3) is 0 Å². The molecule has 138 valence electrons. The fourth-order valence-electron chi connectivity index (χ4n) is 3.02. The Hall–Kier alpha value is -2.99. The molecule has 0 atom stereocenters. The molecule has 0 aliphatic rings. The summed E-state index contributed by atoms with van der Waals surface area (Å²) < 4.78 is 29.7. The van der Waals surface area contributed by atoms with Gasteiger partial charge < -0.3 is 4.74 Å². The van der Waals surface area contributed by atoms with E-state index in [4.69, 9.17) is 4.74 Å². The highest BCUT2D eigenvalue weighted by atomic mass is 32.2. The molecule has 0 saturated carbocycles. The van der Waals surface area contributed by atoms with Crippen LogP contribution in [0, 0.1) is 6.92 Å². The first-order valence-electron chi connectivity index (χ1n) is 8.31. The number of ether oxygens (including phenoxy) is 1. The molecule has 0 N–H and O–H groups in total. The predicted molar refractivity (Wildman–Crippen MR) is 106 cm³/mol. The number of methoxy groups -OCH3 is 1. The number of aromatic nitrogens is 1. The summed E-state index contributed by atoms with van der Waals surface area (Å²) in [6, 6.07) is 14.1. The van der Waals surface area contributed by atoms with Gasteiger partial charge in [-0.1, -0.05) is 36.4 Å². The van der Waals surface area contributed by atoms with Crippen LogP contribution in [-0.2, 0) is 14.6 Å². The molecule has 5 nitrogen and oxygen atoms in total. The van der Waals surface area contributed by atoms with Gasteiger partial charge >= 0.3 is 5.97 Å². The Morgan fingerprint density at radius 1 is 1.19 bits per heavy atom. The van der Waals surface area contributed by atoms with Crippen LogP contribution >= 0.6 is 0 Å². The quantitative estimate of drug-likeness (QED) is 0.494. The van der Waals surface area contributed by atoms with E-state index in [1.165, 1.54) is 25.3 Å². The lowest BCUT2D eigenvalue weighted by molar-refractivity contribution is 0.0602. The van der Waals surface area contributed by atoms with Crippen molar-refractivity contribution in [2.24, 2.45) is 0 Å². The molecular formula is C21H19NO4S. The van der Waals surface area contributed by atoms with Gasteiger partial charge in [-0.05, 0) is 30.7 Å². The minimum atomic E-state index is -3.52. The molecule has 0 aliphatic heterocycles. The largest absolute Gasteiger partial charge is 0.465 e. The van der Waals surface area contributed by atoms with Crippen LogP contribution in [0.1, 0.15) is 15.9 Å². The summed E-state index contributed by atoms with van der Waals surface area (Å²) in [5.41, 5.74) is 3.00. The molecule has 0 spiro atoms. The van der Waals surface area contributed by atoms with Crippen molar-refractivity contribution in [3.8, 4) is 11.3 Å². The van der Waals surface area contributed by atoms with Crippen molar-refractivity contribution in [2.75, 3.05) is 12.9 Å². The zero-order chi connectivity index (χ0) is 19.6. The number of hydrogen-bond donors (Lipinski definition) is 0. The molecule has 3 rings (SSSR count). The summed E-state index contributed by atoms with van der Waals surface area (Å²) in [6.07, 6.45) is 1.34. The van der Waals surface area contributed by atoms with Crippen LogP contribution < -0.4 is 0 Å². The average molecular weight is 381 g/mol. The standard InChI is InChI=1S/C21H19NO4S/c1-4-12-27(24,25)16-10-11-18-17(13-16)19(21(23)26-3)14(2)20(22-18)15-8-6-5-7-9-15/h4-11,13H,1,12H2,2-3H3. The molecule has 0 unspecified atom stereocenters. The molecule has 0 aliphatic carbocycles. The number of carbonyl (C=O) groups is 1. The molecule has 0 fully saturated rings. The molecule has 3 aromatic rings. The maximum Gasteiger partial charge on any atom is 0.338 e. The second-order valence-electron chi connectivity index (χ2n) is 6.07. The monoisotopic (exact) mass is 381 g/mol. The van der Waals surface area contributed by atoms with E-state index in [1.807, 2.05) is 30.3 Å². The van der Waals surface area contributed by atoms with Gasteiger partial charge in [-0.25, -0.2) is 18.2 Å². The Kier molecular flexibility index (Phi) is 5.10. The smallest absolute Gasteiger partial charge is 0.338 e. The lowest BCUT2D eigenvalue weighted by Gasteiger charge is -2.14. The number of esters is 1. The van der Waals surface area contributed by atoms with Gasteiger partial charge in [0.15, 0.2) is 9.84 Å². The number of pyridine rings is 1. The Bertz CT molecular complexity index is 1140. The van der Waals surface area contributed by atoms with E-state index in [0.717, 1.165) is 5.56 Å². The van der Waals surface area contributed by atoms with E-state index in [9.17, 15) is 13.2 Å². The third-order valence-corrected chi connectivity index (χ3v) is 5.98. The topological polar surface area (TPSA) is 73.3 Å². The Labute approximate surface area is 158 Å². The molecule has 2 aromatic carbocycles. The van der Waals surface area contributed by atoms with Gasteiger partial charge in [-0.2, -0.15) is 0 Å². The molecule has 0 radical (unpaired) electrons. The number of nitrogens with zero attached hydrogens (tertiary/aromatic N) is 1. The molecule has 0 bridgehead atoms. The van der Waals surface area contributed by atoms with E-state index < -0.39 is 15.8 Å². The van der Waals surface area contributed by atoms with Crippen molar-refractivity contribution in [3.05, 3.63) is 72.3 Å². The molecule has 6 heteroatoms. The van der Waals surface area contributed by atoms with Gasteiger partial charge in [0.05, 0.1) is 34.5 Å². The number of sulfone groups is 1. The van der Waals surface area contributed by atoms with E-state index in [1.54, 1.807) is 13.0 Å². The van der Waals surface area contributed by atoms with E-state index in [-0.39, 0.29) is 10.6 Å². The first-order chi connectivity index (χ1) is 12.9. The number of hydrogen-bond acceptors (Lipinski definition) is 5. The van der Waals surface area contributed by atoms with Crippen LogP contribution in [0.25, 0.3) is 22.2 Å². The molecule has 0 saturated heterocycles. The number of benzene rings is 2. The number of rotatable bonds is 5. The number of carbonyl (C=O) groups excluding carboxylic acids is 1. The molecular weight excluding hydrogens is 362 g/mol. The summed E-state index contributed by atoms with van der Waals surface area (Å²) in [4.78, 5) is 17.3. The highest BCUT2D eigenvalue weighted by Crippen LogP contribution is 2.31. The van der Waals surface area contributed by atoms with Crippen molar-refractivity contribution < 1.29 is 17.9 Å². The molecule has 27 heavy (non-hydrogen) atoms. The van der Waals surface area contributed by atoms with Gasteiger partial charge in [0.1, 0.15) is 0 Å². The third-order valence-electron chi connectivity index (χ3n) is 4.33. The molecule has 0 amide bonds. The fraction of sp³-hybridized carbons (Fsp3) is 0.143. The Morgan fingerprint density at radius 2 is 1.89 bits per heavy atom. The van der Waals surface area contributed by atoms with Crippen LogP contribution in [0.15, 0.2) is 66.1 Å². The Morgan fingerprint density at radius 3 is 2.52 bits per heavy atom. The summed E-state index contributed by atoms with van der Waals surface area (Å²) >= 11 is 0. The summed E-state index contributed by atoms with van der Waals surface area (Å²) in [7, 11) is -2.22. The lowest BCUT2D eigenvalue weighted by Crippen LogP contribution is -2.09. The van der Waals surface area contributed by atoms with E-state index >= 15 is 0 Å². The van der Waals surface area contributed by atoms with Crippen LogP contribution in [0.2, 0.25) is 0 Å². The van der Waals surface area contributed by atoms with Crippen LogP contribution in [0.3, 0.4) is 0 Å². The fourth-order valence-corrected chi connectivity index (χ4v) is 4.10. The summed E-state index contributed by atoms with van der Waals surface area (Å²) in [6.45, 7) is 5.27. The molecule has 1 aromatic heterocycles. The van der Waals surface area contributed by atoms with Crippen molar-refractivity contribution in [3.63, 3.8) is 0 Å². The first-order valence-corrected chi connectivity index (χ1v) is 9.96. The third kappa shape index (κ3) is 3.48. The average Bonchev–Trinajstić information content (AvgIpc) is 2.67. The van der Waals surface area contributed by atoms with Crippen LogP contribution in [-0.4, -0.2) is 32.2 Å². The highest BCUT2D eigenvalue weighted by Gasteiger charge is 2.22. The van der Waals surface area contributed by atoms with E-state index in [2.05, 4.69) is 11.6 Å². The van der Waals surface area contributed by atoms with Crippen LogP contribution in [0.4, 0.5) is 0 Å². The van der Waals surface area contributed by atoms with Crippen LogP contribution in [0.5, 0.6) is 0 Å². The second-order valence-corrected chi connectivity index (χ2v) is 8.10.